The number of hydrogen-bond acceptors (Lipinski definition) is 3. The van der Waals surface area contributed by atoms with E-state index in [0.717, 1.165) is 0 Å². The molecule has 5 heteroatoms. The Hall–Kier alpha value is -1.33. The summed E-state index contributed by atoms with van der Waals surface area (Å²) in [5, 5.41) is 18.0. The minimum atomic E-state index is -1.62. The second kappa shape index (κ2) is 4.26. The van der Waals surface area contributed by atoms with Gasteiger partial charge in [-0.3, -0.25) is 4.79 Å². The minimum Gasteiger partial charge on any atom is -0.423 e. The van der Waals surface area contributed by atoms with Gasteiger partial charge < -0.3 is 14.9 Å². The molecule has 0 bridgehead atoms. The topological polar surface area (TPSA) is 60.8 Å². The van der Waals surface area contributed by atoms with Gasteiger partial charge in [0, 0.05) is 19.7 Å². The Labute approximate surface area is 82.9 Å². The lowest BCUT2D eigenvalue weighted by molar-refractivity contribution is 0.0828. The molecule has 0 atom stereocenters. The van der Waals surface area contributed by atoms with E-state index in [2.05, 4.69) is 0 Å². The quantitative estimate of drug-likeness (QED) is 0.596. The first-order chi connectivity index (χ1) is 6.54. The first-order valence-corrected chi connectivity index (χ1v) is 4.20. The Morgan fingerprint density at radius 1 is 1.29 bits per heavy atom. The Bertz CT molecular complexity index is 339. The normalized spacial score (nSPS) is 9.71. The van der Waals surface area contributed by atoms with Crippen molar-refractivity contribution in [1.29, 1.82) is 0 Å². The largest absolute Gasteiger partial charge is 0.489 e. The molecule has 0 heterocycles. The van der Waals surface area contributed by atoms with E-state index < -0.39 is 7.12 Å². The van der Waals surface area contributed by atoms with Crippen LogP contribution in [-0.4, -0.2) is 42.1 Å². The van der Waals surface area contributed by atoms with Crippen molar-refractivity contribution in [3.8, 4) is 0 Å². The minimum absolute atomic E-state index is 0.228. The zero-order valence-electron chi connectivity index (χ0n) is 8.14. The van der Waals surface area contributed by atoms with Crippen molar-refractivity contribution >= 4 is 18.5 Å². The van der Waals surface area contributed by atoms with E-state index in [-0.39, 0.29) is 11.4 Å². The van der Waals surface area contributed by atoms with Gasteiger partial charge in [-0.2, -0.15) is 0 Å². The molecule has 0 radical (unpaired) electrons. The van der Waals surface area contributed by atoms with Gasteiger partial charge in [-0.25, -0.2) is 0 Å². The summed E-state index contributed by atoms with van der Waals surface area (Å²) in [5.74, 6) is -0.242. The SMILES string of the molecule is CN(C)C(=O)c1ccccc1B(O)O. The number of nitrogens with zero attached hydrogens (tertiary/aromatic N) is 1. The second-order valence-electron chi connectivity index (χ2n) is 3.16. The van der Waals surface area contributed by atoms with Crippen molar-refractivity contribution in [2.24, 2.45) is 0 Å². The monoisotopic (exact) mass is 193 g/mol. The maximum atomic E-state index is 11.6. The van der Waals surface area contributed by atoms with E-state index >= 15 is 0 Å². The van der Waals surface area contributed by atoms with Crippen LogP contribution < -0.4 is 5.46 Å². The molecule has 0 saturated carbocycles. The third-order valence-corrected chi connectivity index (χ3v) is 1.88. The maximum absolute atomic E-state index is 11.6. The van der Waals surface area contributed by atoms with Crippen LogP contribution >= 0.6 is 0 Å². The predicted molar refractivity (Wildman–Crippen MR) is 54.3 cm³/mol. The molecule has 1 aromatic carbocycles. The molecule has 0 aliphatic rings. The Morgan fingerprint density at radius 3 is 2.36 bits per heavy atom. The van der Waals surface area contributed by atoms with Crippen LogP contribution in [0, 0.1) is 0 Å². The summed E-state index contributed by atoms with van der Waals surface area (Å²) in [6.07, 6.45) is 0. The number of carbonyl (C=O) groups is 1. The highest BCUT2D eigenvalue weighted by Gasteiger charge is 2.20. The molecule has 0 aromatic heterocycles. The van der Waals surface area contributed by atoms with Crippen LogP contribution in [0.15, 0.2) is 24.3 Å². The lowest BCUT2D eigenvalue weighted by atomic mass is 9.77. The highest BCUT2D eigenvalue weighted by Crippen LogP contribution is 2.00. The maximum Gasteiger partial charge on any atom is 0.489 e. The molecule has 1 rings (SSSR count). The van der Waals surface area contributed by atoms with E-state index in [0.29, 0.717) is 5.56 Å². The fraction of sp³-hybridized carbons (Fsp3) is 0.222. The Kier molecular flexibility index (Phi) is 3.27. The third-order valence-electron chi connectivity index (χ3n) is 1.88. The molecule has 0 aliphatic heterocycles. The third kappa shape index (κ3) is 2.13. The molecular formula is C9H12BNO3. The summed E-state index contributed by atoms with van der Waals surface area (Å²) in [7, 11) is 1.61. The van der Waals surface area contributed by atoms with Gasteiger partial charge in [0.25, 0.3) is 5.91 Å². The molecule has 2 N–H and O–H groups in total. The molecule has 0 saturated heterocycles. The van der Waals surface area contributed by atoms with Crippen molar-refractivity contribution in [3.05, 3.63) is 29.8 Å². The van der Waals surface area contributed by atoms with Gasteiger partial charge in [0.05, 0.1) is 0 Å². The van der Waals surface area contributed by atoms with Crippen LogP contribution in [0.25, 0.3) is 0 Å². The van der Waals surface area contributed by atoms with Crippen LogP contribution in [0.2, 0.25) is 0 Å². The number of carbonyl (C=O) groups excluding carboxylic acids is 1. The molecule has 1 amide bonds. The van der Waals surface area contributed by atoms with E-state index in [1.165, 1.54) is 11.0 Å². The van der Waals surface area contributed by atoms with Crippen molar-refractivity contribution in [1.82, 2.24) is 4.90 Å². The summed E-state index contributed by atoms with van der Waals surface area (Å²) in [6.45, 7) is 0. The predicted octanol–water partition coefficient (Wildman–Crippen LogP) is -0.932. The van der Waals surface area contributed by atoms with Crippen molar-refractivity contribution in [3.63, 3.8) is 0 Å². The molecule has 0 aliphatic carbocycles. The molecule has 14 heavy (non-hydrogen) atoms. The molecule has 74 valence electrons. The first kappa shape index (κ1) is 10.8. The zero-order chi connectivity index (χ0) is 10.7. The standard InChI is InChI=1S/C9H12BNO3/c1-11(2)9(12)7-5-3-4-6-8(7)10(13)14/h3-6,13-14H,1-2H3. The highest BCUT2D eigenvalue weighted by atomic mass is 16.4. The highest BCUT2D eigenvalue weighted by molar-refractivity contribution is 6.60. The average Bonchev–Trinajstić information content (AvgIpc) is 2.16. The van der Waals surface area contributed by atoms with Crippen molar-refractivity contribution in [2.75, 3.05) is 14.1 Å². The lowest BCUT2D eigenvalue weighted by Gasteiger charge is -2.13. The fourth-order valence-corrected chi connectivity index (χ4v) is 1.16. The summed E-state index contributed by atoms with van der Waals surface area (Å²) >= 11 is 0. The van der Waals surface area contributed by atoms with Gasteiger partial charge in [-0.15, -0.1) is 0 Å². The number of amides is 1. The van der Waals surface area contributed by atoms with Crippen LogP contribution in [0.3, 0.4) is 0 Å². The summed E-state index contributed by atoms with van der Waals surface area (Å²) in [6, 6.07) is 6.42. The summed E-state index contributed by atoms with van der Waals surface area (Å²) < 4.78 is 0. The number of benzene rings is 1. The summed E-state index contributed by atoms with van der Waals surface area (Å²) in [5.41, 5.74) is 0.540. The lowest BCUT2D eigenvalue weighted by Crippen LogP contribution is -2.37. The van der Waals surface area contributed by atoms with Gasteiger partial charge >= 0.3 is 7.12 Å². The molecule has 0 spiro atoms. The van der Waals surface area contributed by atoms with Crippen molar-refractivity contribution in [2.45, 2.75) is 0 Å². The van der Waals surface area contributed by atoms with E-state index in [9.17, 15) is 4.79 Å². The molecular weight excluding hydrogens is 181 g/mol. The smallest absolute Gasteiger partial charge is 0.423 e. The molecule has 1 aromatic rings. The van der Waals surface area contributed by atoms with Crippen LogP contribution in [0.1, 0.15) is 10.4 Å². The van der Waals surface area contributed by atoms with E-state index in [1.54, 1.807) is 32.3 Å². The van der Waals surface area contributed by atoms with Gasteiger partial charge in [-0.05, 0) is 11.5 Å². The van der Waals surface area contributed by atoms with Gasteiger partial charge in [0.1, 0.15) is 0 Å². The summed E-state index contributed by atoms with van der Waals surface area (Å²) in [4.78, 5) is 13.0. The Balaban J connectivity index is 3.13. The molecule has 0 fully saturated rings. The van der Waals surface area contributed by atoms with Gasteiger partial charge in [-0.1, -0.05) is 18.2 Å². The zero-order valence-corrected chi connectivity index (χ0v) is 8.14. The second-order valence-corrected chi connectivity index (χ2v) is 3.16. The fourth-order valence-electron chi connectivity index (χ4n) is 1.16. The van der Waals surface area contributed by atoms with Crippen LogP contribution in [0.4, 0.5) is 0 Å². The van der Waals surface area contributed by atoms with Crippen molar-refractivity contribution < 1.29 is 14.8 Å². The first-order valence-electron chi connectivity index (χ1n) is 4.20. The average molecular weight is 193 g/mol. The van der Waals surface area contributed by atoms with Crippen LogP contribution in [-0.2, 0) is 0 Å². The van der Waals surface area contributed by atoms with E-state index in [4.69, 9.17) is 10.0 Å². The molecule has 0 unspecified atom stereocenters. The Morgan fingerprint density at radius 2 is 1.86 bits per heavy atom. The van der Waals surface area contributed by atoms with E-state index in [1.807, 2.05) is 0 Å². The number of rotatable bonds is 2. The number of hydrogen-bond donors (Lipinski definition) is 2. The molecule has 4 nitrogen and oxygen atoms in total. The van der Waals surface area contributed by atoms with Gasteiger partial charge in [0.15, 0.2) is 0 Å². The van der Waals surface area contributed by atoms with Crippen LogP contribution in [0.5, 0.6) is 0 Å². The van der Waals surface area contributed by atoms with Gasteiger partial charge in [0.2, 0.25) is 0 Å².